The van der Waals surface area contributed by atoms with Crippen molar-refractivity contribution in [3.8, 4) is 17.6 Å². The van der Waals surface area contributed by atoms with E-state index in [1.54, 1.807) is 49.4 Å². The summed E-state index contributed by atoms with van der Waals surface area (Å²) in [5.41, 5.74) is 2.53. The van der Waals surface area contributed by atoms with Crippen LogP contribution in [0.4, 0.5) is 17.3 Å². The predicted octanol–water partition coefficient (Wildman–Crippen LogP) is 3.38. The second-order valence-electron chi connectivity index (χ2n) is 6.06. The van der Waals surface area contributed by atoms with Gasteiger partial charge in [0.2, 0.25) is 12.7 Å². The number of nitrogens with zero attached hydrogens (tertiary/aromatic N) is 3. The molecule has 1 aliphatic rings. The molecular formula is C20H15N5O3. The number of ether oxygens (including phenoxy) is 2. The van der Waals surface area contributed by atoms with Gasteiger partial charge in [-0.1, -0.05) is 6.07 Å². The summed E-state index contributed by atoms with van der Waals surface area (Å²) in [5.74, 6) is 1.20. The third kappa shape index (κ3) is 3.68. The third-order valence-electron chi connectivity index (χ3n) is 3.97. The van der Waals surface area contributed by atoms with Crippen molar-refractivity contribution in [3.63, 3.8) is 0 Å². The number of fused-ring (bicyclic) bond motifs is 1. The first-order valence-electron chi connectivity index (χ1n) is 8.44. The minimum absolute atomic E-state index is 0.192. The average Bonchev–Trinajstić information content (AvgIpc) is 3.15. The predicted molar refractivity (Wildman–Crippen MR) is 102 cm³/mol. The van der Waals surface area contributed by atoms with Crippen LogP contribution < -0.4 is 20.1 Å². The van der Waals surface area contributed by atoms with Crippen molar-refractivity contribution in [3.05, 3.63) is 65.5 Å². The Morgan fingerprint density at radius 1 is 1.07 bits per heavy atom. The molecule has 0 radical (unpaired) electrons. The van der Waals surface area contributed by atoms with Crippen LogP contribution in [-0.2, 0) is 0 Å². The summed E-state index contributed by atoms with van der Waals surface area (Å²) in [6.07, 6.45) is 0. The van der Waals surface area contributed by atoms with E-state index in [2.05, 4.69) is 20.6 Å². The molecule has 8 heteroatoms. The molecule has 3 aromatic rings. The molecule has 28 heavy (non-hydrogen) atoms. The van der Waals surface area contributed by atoms with Crippen molar-refractivity contribution in [1.82, 2.24) is 9.97 Å². The van der Waals surface area contributed by atoms with Crippen LogP contribution in [0.1, 0.15) is 21.7 Å². The number of nitrogens with one attached hydrogen (secondary N) is 2. The molecule has 1 aromatic heterocycles. The summed E-state index contributed by atoms with van der Waals surface area (Å²) < 4.78 is 10.6. The normalized spacial score (nSPS) is 11.6. The minimum atomic E-state index is -0.394. The molecule has 0 aliphatic carbocycles. The van der Waals surface area contributed by atoms with Crippen LogP contribution in [0.3, 0.4) is 0 Å². The third-order valence-corrected chi connectivity index (χ3v) is 3.97. The van der Waals surface area contributed by atoms with Gasteiger partial charge in [0.15, 0.2) is 11.5 Å². The first kappa shape index (κ1) is 17.3. The van der Waals surface area contributed by atoms with E-state index < -0.39 is 5.91 Å². The highest BCUT2D eigenvalue weighted by Crippen LogP contribution is 2.34. The maximum Gasteiger partial charge on any atom is 0.274 e. The highest BCUT2D eigenvalue weighted by atomic mass is 16.7. The van der Waals surface area contributed by atoms with Gasteiger partial charge < -0.3 is 20.1 Å². The average molecular weight is 373 g/mol. The summed E-state index contributed by atoms with van der Waals surface area (Å²) in [6, 6.07) is 15.7. The lowest BCUT2D eigenvalue weighted by Crippen LogP contribution is -2.15. The molecule has 0 unspecified atom stereocenters. The van der Waals surface area contributed by atoms with E-state index in [0.717, 1.165) is 0 Å². The Kier molecular flexibility index (Phi) is 4.48. The maximum absolute atomic E-state index is 12.6. The summed E-state index contributed by atoms with van der Waals surface area (Å²) in [5, 5.41) is 14.8. The van der Waals surface area contributed by atoms with Crippen LogP contribution >= 0.6 is 0 Å². The van der Waals surface area contributed by atoms with E-state index in [9.17, 15) is 4.79 Å². The second kappa shape index (κ2) is 7.25. The van der Waals surface area contributed by atoms with Gasteiger partial charge in [0, 0.05) is 23.1 Å². The Balaban J connectivity index is 1.54. The van der Waals surface area contributed by atoms with E-state index in [0.29, 0.717) is 34.1 Å². The maximum atomic E-state index is 12.6. The molecule has 1 amide bonds. The summed E-state index contributed by atoms with van der Waals surface area (Å²) in [4.78, 5) is 21.2. The lowest BCUT2D eigenvalue weighted by molar-refractivity contribution is 0.102. The molecule has 8 nitrogen and oxygen atoms in total. The van der Waals surface area contributed by atoms with Crippen molar-refractivity contribution < 1.29 is 14.3 Å². The van der Waals surface area contributed by atoms with Gasteiger partial charge in [-0.25, -0.2) is 9.97 Å². The van der Waals surface area contributed by atoms with Gasteiger partial charge in [0.05, 0.1) is 11.6 Å². The molecule has 0 bridgehead atoms. The van der Waals surface area contributed by atoms with Crippen LogP contribution in [0.5, 0.6) is 11.5 Å². The molecular weight excluding hydrogens is 358 g/mol. The zero-order valence-electron chi connectivity index (χ0n) is 14.9. The number of anilines is 3. The lowest BCUT2D eigenvalue weighted by Gasteiger charge is -2.09. The first-order chi connectivity index (χ1) is 13.6. The minimum Gasteiger partial charge on any atom is -0.454 e. The van der Waals surface area contributed by atoms with E-state index in [1.165, 1.54) is 0 Å². The zero-order chi connectivity index (χ0) is 19.5. The van der Waals surface area contributed by atoms with Crippen molar-refractivity contribution in [2.45, 2.75) is 6.92 Å². The molecule has 0 saturated heterocycles. The van der Waals surface area contributed by atoms with E-state index >= 15 is 0 Å². The number of hydrogen-bond acceptors (Lipinski definition) is 7. The summed E-state index contributed by atoms with van der Waals surface area (Å²) in [6.45, 7) is 1.97. The topological polar surface area (TPSA) is 109 Å². The molecule has 0 saturated carbocycles. The lowest BCUT2D eigenvalue weighted by atomic mass is 10.2. The van der Waals surface area contributed by atoms with Gasteiger partial charge in [-0.05, 0) is 43.3 Å². The summed E-state index contributed by atoms with van der Waals surface area (Å²) in [7, 11) is 0. The molecule has 0 spiro atoms. The molecule has 2 heterocycles. The molecule has 0 fully saturated rings. The Labute approximate surface area is 160 Å². The smallest absolute Gasteiger partial charge is 0.274 e. The fraction of sp³-hybridized carbons (Fsp3) is 0.100. The largest absolute Gasteiger partial charge is 0.454 e. The summed E-state index contributed by atoms with van der Waals surface area (Å²) >= 11 is 0. The molecule has 2 N–H and O–H groups in total. The number of aryl methyl sites for hydroxylation is 1. The van der Waals surface area contributed by atoms with Crippen LogP contribution in [0, 0.1) is 18.3 Å². The molecule has 2 aromatic carbocycles. The van der Waals surface area contributed by atoms with Crippen LogP contribution in [0.15, 0.2) is 48.5 Å². The van der Waals surface area contributed by atoms with E-state index in [1.807, 2.05) is 12.1 Å². The van der Waals surface area contributed by atoms with Crippen LogP contribution in [-0.4, -0.2) is 22.7 Å². The van der Waals surface area contributed by atoms with Gasteiger partial charge in [-0.3, -0.25) is 4.79 Å². The zero-order valence-corrected chi connectivity index (χ0v) is 14.9. The van der Waals surface area contributed by atoms with Gasteiger partial charge >= 0.3 is 0 Å². The number of benzene rings is 2. The van der Waals surface area contributed by atoms with E-state index in [4.69, 9.17) is 14.7 Å². The highest BCUT2D eigenvalue weighted by Gasteiger charge is 2.15. The van der Waals surface area contributed by atoms with Crippen LogP contribution in [0.25, 0.3) is 0 Å². The van der Waals surface area contributed by atoms with Crippen molar-refractivity contribution >= 4 is 23.2 Å². The van der Waals surface area contributed by atoms with Crippen LogP contribution in [0.2, 0.25) is 0 Å². The monoisotopic (exact) mass is 373 g/mol. The highest BCUT2D eigenvalue weighted by molar-refractivity contribution is 6.03. The Morgan fingerprint density at radius 3 is 2.79 bits per heavy atom. The van der Waals surface area contributed by atoms with Crippen molar-refractivity contribution in [2.24, 2.45) is 0 Å². The second-order valence-corrected chi connectivity index (χ2v) is 6.06. The first-order valence-corrected chi connectivity index (χ1v) is 8.44. The number of carbonyl (C=O) groups is 1. The van der Waals surface area contributed by atoms with Gasteiger partial charge in [0.25, 0.3) is 5.91 Å². The Morgan fingerprint density at radius 2 is 1.93 bits per heavy atom. The van der Waals surface area contributed by atoms with Crippen molar-refractivity contribution in [2.75, 3.05) is 17.4 Å². The fourth-order valence-electron chi connectivity index (χ4n) is 2.71. The number of hydrogen-bond donors (Lipinski definition) is 2. The molecule has 1 aliphatic heterocycles. The quantitative estimate of drug-likeness (QED) is 0.721. The SMILES string of the molecule is Cc1cc(C(=O)Nc2cccc(C#N)c2)nc(Nc2ccc3c(c2)OCO3)n1. The molecule has 138 valence electrons. The fourth-order valence-corrected chi connectivity index (χ4v) is 2.71. The van der Waals surface area contributed by atoms with Gasteiger partial charge in [-0.2, -0.15) is 5.26 Å². The number of amides is 1. The number of nitriles is 1. The number of aromatic nitrogens is 2. The molecule has 0 atom stereocenters. The number of rotatable bonds is 4. The van der Waals surface area contributed by atoms with Gasteiger partial charge in [-0.15, -0.1) is 0 Å². The van der Waals surface area contributed by atoms with E-state index in [-0.39, 0.29) is 18.4 Å². The Bertz CT molecular complexity index is 1110. The van der Waals surface area contributed by atoms with Gasteiger partial charge in [0.1, 0.15) is 5.69 Å². The Hall–Kier alpha value is -4.12. The number of carbonyl (C=O) groups excluding carboxylic acids is 1. The molecule has 4 rings (SSSR count). The standard InChI is InChI=1S/C20H15N5O3/c1-12-7-16(19(26)23-14-4-2-3-13(8-14)10-21)25-20(22-12)24-15-5-6-17-18(9-15)28-11-27-17/h2-9H,11H2,1H3,(H,23,26)(H,22,24,25). The van der Waals surface area contributed by atoms with Crippen molar-refractivity contribution in [1.29, 1.82) is 5.26 Å².